The summed E-state index contributed by atoms with van der Waals surface area (Å²) in [7, 11) is 0. The fraction of sp³-hybridized carbons (Fsp3) is 0.455. The number of piperidine rings is 1. The Morgan fingerprint density at radius 3 is 3.14 bits per heavy atom. The fourth-order valence-corrected chi connectivity index (χ4v) is 1.83. The van der Waals surface area contributed by atoms with Crippen LogP contribution in [0, 0.1) is 0 Å². The number of nitrogens with zero attached hydrogens (tertiary/aromatic N) is 1. The van der Waals surface area contributed by atoms with Gasteiger partial charge in [0.1, 0.15) is 6.29 Å². The molecule has 2 rings (SSSR count). The molecule has 3 nitrogen and oxygen atoms in total. The normalized spacial score (nSPS) is 21.9. The molecule has 2 heterocycles. The van der Waals surface area contributed by atoms with E-state index < -0.39 is 0 Å². The highest BCUT2D eigenvalue weighted by Crippen LogP contribution is 2.21. The van der Waals surface area contributed by atoms with E-state index in [0.717, 1.165) is 24.9 Å². The van der Waals surface area contributed by atoms with Gasteiger partial charge in [0, 0.05) is 17.8 Å². The number of aldehydes is 1. The van der Waals surface area contributed by atoms with Crippen LogP contribution in [0.25, 0.3) is 0 Å². The van der Waals surface area contributed by atoms with Gasteiger partial charge in [-0.2, -0.15) is 0 Å². The van der Waals surface area contributed by atoms with E-state index in [4.69, 9.17) is 0 Å². The van der Waals surface area contributed by atoms with Gasteiger partial charge in [-0.1, -0.05) is 6.42 Å². The highest BCUT2D eigenvalue weighted by Gasteiger charge is 2.15. The van der Waals surface area contributed by atoms with Crippen molar-refractivity contribution in [2.45, 2.75) is 25.3 Å². The molecule has 0 unspecified atom stereocenters. The first-order valence-electron chi connectivity index (χ1n) is 5.04. The van der Waals surface area contributed by atoms with E-state index >= 15 is 0 Å². The van der Waals surface area contributed by atoms with Gasteiger partial charge in [0.25, 0.3) is 0 Å². The number of aromatic nitrogens is 1. The summed E-state index contributed by atoms with van der Waals surface area (Å²) in [6, 6.07) is 3.94. The van der Waals surface area contributed by atoms with Gasteiger partial charge in [-0.15, -0.1) is 0 Å². The zero-order valence-corrected chi connectivity index (χ0v) is 8.07. The van der Waals surface area contributed by atoms with Gasteiger partial charge in [0.2, 0.25) is 0 Å². The number of hydrogen-bond acceptors (Lipinski definition) is 3. The summed E-state index contributed by atoms with van der Waals surface area (Å²) < 4.78 is 0. The van der Waals surface area contributed by atoms with Crippen LogP contribution in [0.5, 0.6) is 0 Å². The Bertz CT molecular complexity index is 319. The highest BCUT2D eigenvalue weighted by molar-refractivity contribution is 5.74. The van der Waals surface area contributed by atoms with Crippen molar-refractivity contribution in [3.63, 3.8) is 0 Å². The van der Waals surface area contributed by atoms with Crippen LogP contribution in [0.15, 0.2) is 18.3 Å². The smallest absolute Gasteiger partial charge is 0.150 e. The molecule has 14 heavy (non-hydrogen) atoms. The van der Waals surface area contributed by atoms with Crippen molar-refractivity contribution in [3.05, 3.63) is 29.6 Å². The van der Waals surface area contributed by atoms with Crippen molar-refractivity contribution < 1.29 is 4.79 Å². The Morgan fingerprint density at radius 2 is 2.43 bits per heavy atom. The summed E-state index contributed by atoms with van der Waals surface area (Å²) in [6.07, 6.45) is 6.17. The first kappa shape index (κ1) is 9.34. The number of carbonyl (C=O) groups is 1. The number of hydrogen-bond donors (Lipinski definition) is 1. The second-order valence-corrected chi connectivity index (χ2v) is 3.63. The second-order valence-electron chi connectivity index (χ2n) is 3.63. The van der Waals surface area contributed by atoms with E-state index in [0.29, 0.717) is 11.6 Å². The molecule has 1 aliphatic rings. The first-order chi connectivity index (χ1) is 6.90. The van der Waals surface area contributed by atoms with E-state index in [2.05, 4.69) is 10.3 Å². The Kier molecular flexibility index (Phi) is 2.89. The molecule has 0 spiro atoms. The molecule has 1 aliphatic heterocycles. The van der Waals surface area contributed by atoms with Gasteiger partial charge < -0.3 is 5.32 Å². The number of nitrogens with one attached hydrogen (secondary N) is 1. The first-order valence-corrected chi connectivity index (χ1v) is 5.04. The van der Waals surface area contributed by atoms with Crippen LogP contribution in [0.1, 0.15) is 41.4 Å². The lowest BCUT2D eigenvalue weighted by Crippen LogP contribution is -2.27. The SMILES string of the molecule is O=Cc1ccnc([C@H]2CCCCN2)c1. The third-order valence-corrected chi connectivity index (χ3v) is 2.61. The van der Waals surface area contributed by atoms with Gasteiger partial charge in [0.15, 0.2) is 0 Å². The van der Waals surface area contributed by atoms with Crippen LogP contribution in [0.2, 0.25) is 0 Å². The quantitative estimate of drug-likeness (QED) is 0.722. The minimum Gasteiger partial charge on any atom is -0.309 e. The summed E-state index contributed by atoms with van der Waals surface area (Å²) in [5.74, 6) is 0. The van der Waals surface area contributed by atoms with Gasteiger partial charge in [-0.3, -0.25) is 9.78 Å². The molecule has 0 bridgehead atoms. The van der Waals surface area contributed by atoms with Crippen LogP contribution < -0.4 is 5.32 Å². The van der Waals surface area contributed by atoms with Crippen molar-refractivity contribution in [1.29, 1.82) is 0 Å². The summed E-state index contributed by atoms with van der Waals surface area (Å²) in [5, 5.41) is 3.41. The monoisotopic (exact) mass is 190 g/mol. The molecule has 0 aliphatic carbocycles. The molecule has 0 saturated carbocycles. The predicted molar refractivity (Wildman–Crippen MR) is 54.2 cm³/mol. The lowest BCUT2D eigenvalue weighted by atomic mass is 10.0. The van der Waals surface area contributed by atoms with Gasteiger partial charge in [-0.25, -0.2) is 0 Å². The fourth-order valence-electron chi connectivity index (χ4n) is 1.83. The third kappa shape index (κ3) is 1.99. The molecule has 1 aromatic rings. The summed E-state index contributed by atoms with van der Waals surface area (Å²) in [5.41, 5.74) is 1.71. The predicted octanol–water partition coefficient (Wildman–Crippen LogP) is 1.71. The van der Waals surface area contributed by atoms with Crippen LogP contribution >= 0.6 is 0 Å². The summed E-state index contributed by atoms with van der Waals surface area (Å²) in [6.45, 7) is 1.05. The number of rotatable bonds is 2. The maximum atomic E-state index is 10.6. The molecular formula is C11H14N2O. The summed E-state index contributed by atoms with van der Waals surface area (Å²) in [4.78, 5) is 14.9. The molecule has 1 atom stereocenters. The molecule has 74 valence electrons. The largest absolute Gasteiger partial charge is 0.309 e. The van der Waals surface area contributed by atoms with Crippen molar-refractivity contribution in [2.75, 3.05) is 6.54 Å². The second kappa shape index (κ2) is 4.33. The Morgan fingerprint density at radius 1 is 1.50 bits per heavy atom. The number of carbonyl (C=O) groups excluding carboxylic acids is 1. The molecular weight excluding hydrogens is 176 g/mol. The maximum Gasteiger partial charge on any atom is 0.150 e. The molecule has 0 amide bonds. The van der Waals surface area contributed by atoms with E-state index in [1.54, 1.807) is 12.3 Å². The van der Waals surface area contributed by atoms with Crippen molar-refractivity contribution >= 4 is 6.29 Å². The van der Waals surface area contributed by atoms with Crippen molar-refractivity contribution in [1.82, 2.24) is 10.3 Å². The van der Waals surface area contributed by atoms with Crippen LogP contribution in [0.3, 0.4) is 0 Å². The Hall–Kier alpha value is -1.22. The highest BCUT2D eigenvalue weighted by atomic mass is 16.1. The molecule has 0 aromatic carbocycles. The van der Waals surface area contributed by atoms with E-state index in [-0.39, 0.29) is 0 Å². The maximum absolute atomic E-state index is 10.6. The van der Waals surface area contributed by atoms with Crippen molar-refractivity contribution in [3.8, 4) is 0 Å². The molecule has 0 radical (unpaired) electrons. The van der Waals surface area contributed by atoms with Crippen LogP contribution in [0.4, 0.5) is 0 Å². The molecule has 1 N–H and O–H groups in total. The minimum absolute atomic E-state index is 0.337. The summed E-state index contributed by atoms with van der Waals surface area (Å²) >= 11 is 0. The Balaban J connectivity index is 2.17. The molecule has 3 heteroatoms. The van der Waals surface area contributed by atoms with Crippen molar-refractivity contribution in [2.24, 2.45) is 0 Å². The average Bonchev–Trinajstić information content (AvgIpc) is 2.30. The molecule has 1 aromatic heterocycles. The minimum atomic E-state index is 0.337. The third-order valence-electron chi connectivity index (χ3n) is 2.61. The van der Waals surface area contributed by atoms with Crippen LogP contribution in [-0.4, -0.2) is 17.8 Å². The van der Waals surface area contributed by atoms with Crippen LogP contribution in [-0.2, 0) is 0 Å². The Labute approximate surface area is 83.5 Å². The van der Waals surface area contributed by atoms with Gasteiger partial charge >= 0.3 is 0 Å². The van der Waals surface area contributed by atoms with E-state index in [1.165, 1.54) is 12.8 Å². The molecule has 1 fully saturated rings. The van der Waals surface area contributed by atoms with Gasteiger partial charge in [-0.05, 0) is 31.5 Å². The topological polar surface area (TPSA) is 42.0 Å². The molecule has 1 saturated heterocycles. The van der Waals surface area contributed by atoms with E-state index in [1.807, 2.05) is 6.07 Å². The standard InChI is InChI=1S/C11H14N2O/c14-8-9-4-6-13-11(7-9)10-3-1-2-5-12-10/h4,6-8,10,12H,1-3,5H2/t10-/m1/s1. The van der Waals surface area contributed by atoms with Gasteiger partial charge in [0.05, 0.1) is 5.69 Å². The lowest BCUT2D eigenvalue weighted by molar-refractivity contribution is 0.112. The lowest BCUT2D eigenvalue weighted by Gasteiger charge is -2.22. The van der Waals surface area contributed by atoms with E-state index in [9.17, 15) is 4.79 Å². The average molecular weight is 190 g/mol. The number of pyridine rings is 1. The zero-order chi connectivity index (χ0) is 9.80. The zero-order valence-electron chi connectivity index (χ0n) is 8.07.